The quantitative estimate of drug-likeness (QED) is 0.887. The summed E-state index contributed by atoms with van der Waals surface area (Å²) in [4.78, 5) is 0. The summed E-state index contributed by atoms with van der Waals surface area (Å²) in [5.41, 5.74) is 0. The maximum absolute atomic E-state index is 12.3. The zero-order valence-electron chi connectivity index (χ0n) is 11.6. The highest BCUT2D eigenvalue weighted by molar-refractivity contribution is 7.89. The minimum atomic E-state index is -3.22. The molecular weight excluding hydrogens is 264 g/mol. The van der Waals surface area contributed by atoms with Gasteiger partial charge in [0.05, 0.1) is 12.3 Å². The second kappa shape index (κ2) is 6.07. The average molecular weight is 286 g/mol. The van der Waals surface area contributed by atoms with Gasteiger partial charge in [-0.05, 0) is 50.9 Å². The maximum atomic E-state index is 12.3. The molecule has 0 saturated carbocycles. The van der Waals surface area contributed by atoms with Crippen molar-refractivity contribution >= 4 is 10.0 Å². The van der Waals surface area contributed by atoms with Crippen LogP contribution in [0, 0.1) is 12.8 Å². The standard InChI is InChI=1S/C13H22N2O3S/c1-11-5-6-13(18-11)9-15(2)19(16,17)10-12-4-3-7-14-8-12/h5-6,12,14H,3-4,7-10H2,1-2H3. The molecule has 1 aliphatic rings. The van der Waals surface area contributed by atoms with E-state index in [1.165, 1.54) is 4.31 Å². The van der Waals surface area contributed by atoms with E-state index in [0.29, 0.717) is 12.3 Å². The van der Waals surface area contributed by atoms with Gasteiger partial charge in [0.1, 0.15) is 11.5 Å². The van der Waals surface area contributed by atoms with Crippen molar-refractivity contribution in [3.8, 4) is 0 Å². The van der Waals surface area contributed by atoms with Crippen LogP contribution in [-0.4, -0.2) is 38.6 Å². The number of aryl methyl sites for hydroxylation is 1. The van der Waals surface area contributed by atoms with Crippen molar-refractivity contribution in [1.82, 2.24) is 9.62 Å². The van der Waals surface area contributed by atoms with Crippen LogP contribution in [0.1, 0.15) is 24.4 Å². The predicted molar refractivity (Wildman–Crippen MR) is 74.3 cm³/mol. The van der Waals surface area contributed by atoms with E-state index in [1.807, 2.05) is 19.1 Å². The molecule has 6 heteroatoms. The second-order valence-corrected chi connectivity index (χ2v) is 7.38. The first-order valence-electron chi connectivity index (χ1n) is 6.67. The largest absolute Gasteiger partial charge is 0.465 e. The van der Waals surface area contributed by atoms with Gasteiger partial charge in [0.25, 0.3) is 0 Å². The van der Waals surface area contributed by atoms with Crippen LogP contribution in [0.25, 0.3) is 0 Å². The Morgan fingerprint density at radius 2 is 2.26 bits per heavy atom. The van der Waals surface area contributed by atoms with Gasteiger partial charge in [-0.3, -0.25) is 0 Å². The first-order chi connectivity index (χ1) is 8.97. The van der Waals surface area contributed by atoms with Gasteiger partial charge in [0, 0.05) is 7.05 Å². The SMILES string of the molecule is Cc1ccc(CN(C)S(=O)(=O)CC2CCCNC2)o1. The van der Waals surface area contributed by atoms with Gasteiger partial charge in [-0.2, -0.15) is 4.31 Å². The van der Waals surface area contributed by atoms with Crippen LogP contribution in [-0.2, 0) is 16.6 Å². The number of sulfonamides is 1. The summed E-state index contributed by atoms with van der Waals surface area (Å²) in [6.07, 6.45) is 2.04. The van der Waals surface area contributed by atoms with Crippen LogP contribution in [0.2, 0.25) is 0 Å². The molecule has 1 saturated heterocycles. The lowest BCUT2D eigenvalue weighted by Crippen LogP contribution is -2.38. The molecule has 19 heavy (non-hydrogen) atoms. The van der Waals surface area contributed by atoms with E-state index >= 15 is 0 Å². The Labute approximate surface area is 115 Å². The molecule has 0 amide bonds. The molecule has 2 rings (SSSR count). The highest BCUT2D eigenvalue weighted by Gasteiger charge is 2.25. The lowest BCUT2D eigenvalue weighted by Gasteiger charge is -2.25. The van der Waals surface area contributed by atoms with Crippen molar-refractivity contribution in [2.24, 2.45) is 5.92 Å². The number of hydrogen-bond donors (Lipinski definition) is 1. The lowest BCUT2D eigenvalue weighted by atomic mass is 10.0. The van der Waals surface area contributed by atoms with E-state index in [1.54, 1.807) is 7.05 Å². The predicted octanol–water partition coefficient (Wildman–Crippen LogP) is 1.35. The van der Waals surface area contributed by atoms with Gasteiger partial charge >= 0.3 is 0 Å². The molecule has 1 aromatic rings. The first kappa shape index (κ1) is 14.6. The summed E-state index contributed by atoms with van der Waals surface area (Å²) in [7, 11) is -1.60. The summed E-state index contributed by atoms with van der Waals surface area (Å²) in [6.45, 7) is 3.95. The summed E-state index contributed by atoms with van der Waals surface area (Å²) >= 11 is 0. The molecule has 1 fully saturated rings. The lowest BCUT2D eigenvalue weighted by molar-refractivity contribution is 0.375. The number of hydrogen-bond acceptors (Lipinski definition) is 4. The van der Waals surface area contributed by atoms with Crippen LogP contribution in [0.15, 0.2) is 16.5 Å². The van der Waals surface area contributed by atoms with Crippen molar-refractivity contribution in [3.63, 3.8) is 0 Å². The van der Waals surface area contributed by atoms with Gasteiger partial charge in [-0.15, -0.1) is 0 Å². The Bertz CT molecular complexity index is 504. The molecule has 0 spiro atoms. The smallest absolute Gasteiger partial charge is 0.214 e. The molecule has 2 heterocycles. The molecule has 108 valence electrons. The second-order valence-electron chi connectivity index (χ2n) is 5.26. The molecule has 1 aromatic heterocycles. The third-order valence-corrected chi connectivity index (χ3v) is 5.47. The number of nitrogens with zero attached hydrogens (tertiary/aromatic N) is 1. The Morgan fingerprint density at radius 3 is 2.84 bits per heavy atom. The molecule has 1 N–H and O–H groups in total. The normalized spacial score (nSPS) is 20.9. The number of nitrogens with one attached hydrogen (secondary N) is 1. The van der Waals surface area contributed by atoms with Gasteiger partial charge < -0.3 is 9.73 Å². The molecule has 5 nitrogen and oxygen atoms in total. The molecular formula is C13H22N2O3S. The fourth-order valence-corrected chi connectivity index (χ4v) is 3.84. The molecule has 0 aliphatic carbocycles. The van der Waals surface area contributed by atoms with E-state index in [9.17, 15) is 8.42 Å². The third-order valence-electron chi connectivity index (χ3n) is 3.49. The maximum Gasteiger partial charge on any atom is 0.214 e. The zero-order chi connectivity index (χ0) is 13.9. The number of piperidine rings is 1. The Kier molecular flexibility index (Phi) is 4.65. The van der Waals surface area contributed by atoms with Gasteiger partial charge in [0.2, 0.25) is 10.0 Å². The van der Waals surface area contributed by atoms with E-state index < -0.39 is 10.0 Å². The molecule has 1 atom stereocenters. The van der Waals surface area contributed by atoms with Gasteiger partial charge in [0.15, 0.2) is 0 Å². The van der Waals surface area contributed by atoms with Crippen molar-refractivity contribution < 1.29 is 12.8 Å². The highest BCUT2D eigenvalue weighted by Crippen LogP contribution is 2.16. The van der Waals surface area contributed by atoms with Crippen LogP contribution < -0.4 is 5.32 Å². The minimum absolute atomic E-state index is 0.218. The van der Waals surface area contributed by atoms with E-state index in [2.05, 4.69) is 5.32 Å². The monoisotopic (exact) mass is 286 g/mol. The highest BCUT2D eigenvalue weighted by atomic mass is 32.2. The van der Waals surface area contributed by atoms with Crippen molar-refractivity contribution in [1.29, 1.82) is 0 Å². The average Bonchev–Trinajstić information content (AvgIpc) is 2.75. The van der Waals surface area contributed by atoms with Gasteiger partial charge in [-0.25, -0.2) is 8.42 Å². The van der Waals surface area contributed by atoms with Crippen molar-refractivity contribution in [3.05, 3.63) is 23.7 Å². The van der Waals surface area contributed by atoms with E-state index in [-0.39, 0.29) is 11.7 Å². The molecule has 1 unspecified atom stereocenters. The Morgan fingerprint density at radius 1 is 1.47 bits per heavy atom. The molecule has 0 bridgehead atoms. The zero-order valence-corrected chi connectivity index (χ0v) is 12.4. The number of rotatable bonds is 5. The Balaban J connectivity index is 1.94. The molecule has 1 aliphatic heterocycles. The first-order valence-corrected chi connectivity index (χ1v) is 8.28. The van der Waals surface area contributed by atoms with Crippen LogP contribution in [0.5, 0.6) is 0 Å². The fourth-order valence-electron chi connectivity index (χ4n) is 2.38. The van der Waals surface area contributed by atoms with Crippen LogP contribution in [0.4, 0.5) is 0 Å². The van der Waals surface area contributed by atoms with Crippen LogP contribution >= 0.6 is 0 Å². The van der Waals surface area contributed by atoms with Crippen LogP contribution in [0.3, 0.4) is 0 Å². The van der Waals surface area contributed by atoms with Gasteiger partial charge in [-0.1, -0.05) is 0 Å². The topological polar surface area (TPSA) is 62.6 Å². The third kappa shape index (κ3) is 4.06. The summed E-state index contributed by atoms with van der Waals surface area (Å²) < 4.78 is 31.3. The minimum Gasteiger partial charge on any atom is -0.465 e. The van der Waals surface area contributed by atoms with Crippen molar-refractivity contribution in [2.45, 2.75) is 26.3 Å². The fraction of sp³-hybridized carbons (Fsp3) is 0.692. The Hall–Kier alpha value is -0.850. The summed E-state index contributed by atoms with van der Waals surface area (Å²) in [5.74, 6) is 1.93. The van der Waals surface area contributed by atoms with Crippen molar-refractivity contribution in [2.75, 3.05) is 25.9 Å². The van der Waals surface area contributed by atoms with E-state index in [4.69, 9.17) is 4.42 Å². The molecule has 0 aromatic carbocycles. The van der Waals surface area contributed by atoms with E-state index in [0.717, 1.165) is 31.7 Å². The number of furan rings is 1. The molecule has 0 radical (unpaired) electrons. The summed E-state index contributed by atoms with van der Waals surface area (Å²) in [5, 5.41) is 3.25. The summed E-state index contributed by atoms with van der Waals surface area (Å²) in [6, 6.07) is 3.67.